The van der Waals surface area contributed by atoms with E-state index >= 15 is 0 Å². The maximum Gasteiger partial charge on any atom is 0.0319 e. The lowest BCUT2D eigenvalue weighted by Gasteiger charge is -1.73. The molecule has 0 radical (unpaired) electrons. The van der Waals surface area contributed by atoms with Gasteiger partial charge < -0.3 is 0 Å². The Hall–Kier alpha value is 0.174. The Balaban J connectivity index is 3.14. The number of hydrogen-bond acceptors (Lipinski definition) is 0. The molecule has 0 aliphatic carbocycles. The van der Waals surface area contributed by atoms with Gasteiger partial charge in [-0.1, -0.05) is 0 Å². The van der Waals surface area contributed by atoms with Gasteiger partial charge in [0.25, 0.3) is 0 Å². The lowest BCUT2D eigenvalue weighted by atomic mass is 10.7. The molecule has 0 aromatic heterocycles. The summed E-state index contributed by atoms with van der Waals surface area (Å²) in [6.45, 7) is 2.18. The van der Waals surface area contributed by atoms with Crippen molar-refractivity contribution in [3.63, 3.8) is 0 Å². The van der Waals surface area contributed by atoms with E-state index < -0.39 is 0 Å². The number of hydrogen-bond donors (Lipinski definition) is 0. The van der Waals surface area contributed by atoms with Crippen LogP contribution < -0.4 is 0 Å². The zero-order chi connectivity index (χ0) is 4.28. The Bertz CT molecular complexity index is 42.9. The van der Waals surface area contributed by atoms with E-state index in [4.69, 9.17) is 0 Å². The van der Waals surface area contributed by atoms with Crippen LogP contribution in [0, 0.1) is 0 Å². The van der Waals surface area contributed by atoms with Crippen molar-refractivity contribution in [2.24, 2.45) is 0 Å². The number of rotatable bonds is 0. The Kier molecular flexibility index (Phi) is 2.50. The second kappa shape index (κ2) is 2.41. The maximum atomic E-state index is 2.28. The third-order valence-electron chi connectivity index (χ3n) is 0.577. The summed E-state index contributed by atoms with van der Waals surface area (Å²) in [7, 11) is 2.51. The Morgan fingerprint density at radius 1 is 1.80 bits per heavy atom. The highest BCUT2D eigenvalue weighted by Crippen LogP contribution is 1.72. The SMILES string of the molecule is CC([SiH3])=C[SiH3]. The summed E-state index contributed by atoms with van der Waals surface area (Å²) in [5.74, 6) is 0. The van der Waals surface area contributed by atoms with E-state index in [0.717, 1.165) is 0 Å². The van der Waals surface area contributed by atoms with E-state index in [0.29, 0.717) is 0 Å². The van der Waals surface area contributed by atoms with Crippen LogP contribution in [-0.4, -0.2) is 20.5 Å². The Morgan fingerprint density at radius 3 is 2.00 bits per heavy atom. The quantitative estimate of drug-likeness (QED) is 0.329. The van der Waals surface area contributed by atoms with Gasteiger partial charge >= 0.3 is 0 Å². The van der Waals surface area contributed by atoms with E-state index in [1.807, 2.05) is 0 Å². The van der Waals surface area contributed by atoms with Gasteiger partial charge in [0.2, 0.25) is 0 Å². The molecule has 0 saturated carbocycles. The first kappa shape index (κ1) is 5.17. The van der Waals surface area contributed by atoms with Crippen molar-refractivity contribution in [1.29, 1.82) is 0 Å². The molecule has 0 amide bonds. The van der Waals surface area contributed by atoms with E-state index in [1.165, 1.54) is 20.5 Å². The van der Waals surface area contributed by atoms with E-state index in [-0.39, 0.29) is 0 Å². The highest BCUT2D eigenvalue weighted by molar-refractivity contribution is 6.28. The molecule has 0 rings (SSSR count). The van der Waals surface area contributed by atoms with Gasteiger partial charge in [-0.2, -0.15) is 0 Å². The van der Waals surface area contributed by atoms with Gasteiger partial charge in [0.1, 0.15) is 0 Å². The first-order valence-corrected chi connectivity index (χ1v) is 4.02. The summed E-state index contributed by atoms with van der Waals surface area (Å²) < 4.78 is 0. The molecule has 5 heavy (non-hydrogen) atoms. The average Bonchev–Trinajstić information content (AvgIpc) is 1.38. The molecule has 0 nitrogen and oxygen atoms in total. The zero-order valence-corrected chi connectivity index (χ0v) is 8.08. The fraction of sp³-hybridized carbons (Fsp3) is 0.333. The van der Waals surface area contributed by atoms with Crippen LogP contribution >= 0.6 is 0 Å². The van der Waals surface area contributed by atoms with E-state index in [1.54, 1.807) is 5.20 Å². The van der Waals surface area contributed by atoms with Crippen molar-refractivity contribution in [3.8, 4) is 0 Å². The van der Waals surface area contributed by atoms with Gasteiger partial charge in [-0.05, 0) is 6.92 Å². The molecule has 0 spiro atoms. The summed E-state index contributed by atoms with van der Waals surface area (Å²) in [6.07, 6.45) is 0. The van der Waals surface area contributed by atoms with Gasteiger partial charge in [0, 0.05) is 20.5 Å². The fourth-order valence-electron chi connectivity index (χ4n) is 0. The average molecular weight is 102 g/mol. The topological polar surface area (TPSA) is 0 Å². The van der Waals surface area contributed by atoms with Gasteiger partial charge in [-0.3, -0.25) is 0 Å². The third kappa shape index (κ3) is 4.17. The normalized spacial score (nSPS) is 13.4. The summed E-state index contributed by atoms with van der Waals surface area (Å²) in [5, 5.41) is 1.58. The Morgan fingerprint density at radius 2 is 2.00 bits per heavy atom. The maximum absolute atomic E-state index is 2.28. The van der Waals surface area contributed by atoms with Crippen LogP contribution in [0.5, 0.6) is 0 Å². The van der Waals surface area contributed by atoms with Crippen LogP contribution in [0.25, 0.3) is 0 Å². The fourth-order valence-corrected chi connectivity index (χ4v) is 0. The summed E-state index contributed by atoms with van der Waals surface area (Å²) >= 11 is 0. The summed E-state index contributed by atoms with van der Waals surface area (Å²) in [4.78, 5) is 0. The van der Waals surface area contributed by atoms with Gasteiger partial charge in [-0.15, -0.1) is 10.9 Å². The molecule has 0 saturated heterocycles. The molecule has 0 aromatic rings. The predicted octanol–water partition coefficient (Wildman–Crippen LogP) is -1.42. The molecule has 0 aliphatic rings. The van der Waals surface area contributed by atoms with Crippen molar-refractivity contribution in [2.45, 2.75) is 6.92 Å². The van der Waals surface area contributed by atoms with Crippen molar-refractivity contribution in [2.75, 3.05) is 0 Å². The minimum atomic E-state index is 1.25. The van der Waals surface area contributed by atoms with Crippen molar-refractivity contribution in [1.82, 2.24) is 0 Å². The van der Waals surface area contributed by atoms with Crippen LogP contribution in [0.15, 0.2) is 10.9 Å². The molecular weight excluding hydrogens is 92.2 g/mol. The van der Waals surface area contributed by atoms with Crippen molar-refractivity contribution >= 4 is 20.5 Å². The molecule has 0 aliphatic heterocycles. The summed E-state index contributed by atoms with van der Waals surface area (Å²) in [6, 6.07) is 0. The standard InChI is InChI=1S/C3H10Si2/c1-3(5)2-4/h2H,1,4-5H3. The lowest BCUT2D eigenvalue weighted by Crippen LogP contribution is -1.66. The smallest absolute Gasteiger partial charge is 0.0319 e. The predicted molar refractivity (Wildman–Crippen MR) is 33.6 cm³/mol. The van der Waals surface area contributed by atoms with Gasteiger partial charge in [0.05, 0.1) is 0 Å². The molecular formula is C3H10Si2. The molecule has 0 unspecified atom stereocenters. The minimum absolute atomic E-state index is 1.25. The second-order valence-corrected chi connectivity index (χ2v) is 3.52. The summed E-state index contributed by atoms with van der Waals surface area (Å²) in [5.41, 5.74) is 2.28. The van der Waals surface area contributed by atoms with Gasteiger partial charge in [-0.25, -0.2) is 0 Å². The second-order valence-electron chi connectivity index (χ2n) is 1.37. The highest BCUT2D eigenvalue weighted by Gasteiger charge is 1.60. The van der Waals surface area contributed by atoms with Crippen LogP contribution in [0.4, 0.5) is 0 Å². The molecule has 0 heterocycles. The monoisotopic (exact) mass is 102 g/mol. The van der Waals surface area contributed by atoms with Crippen LogP contribution in [0.1, 0.15) is 6.92 Å². The Labute approximate surface area is 39.1 Å². The molecule has 0 bridgehead atoms. The van der Waals surface area contributed by atoms with Crippen molar-refractivity contribution in [3.05, 3.63) is 10.9 Å². The first-order valence-electron chi connectivity index (χ1n) is 1.87. The molecule has 0 N–H and O–H groups in total. The molecule has 0 atom stereocenters. The highest BCUT2D eigenvalue weighted by atomic mass is 28.2. The van der Waals surface area contributed by atoms with E-state index in [2.05, 4.69) is 12.6 Å². The molecule has 0 aromatic carbocycles. The molecule has 0 fully saturated rings. The van der Waals surface area contributed by atoms with Crippen LogP contribution in [-0.2, 0) is 0 Å². The van der Waals surface area contributed by atoms with E-state index in [9.17, 15) is 0 Å². The zero-order valence-electron chi connectivity index (χ0n) is 4.08. The largest absolute Gasteiger partial charge is 0.111 e. The minimum Gasteiger partial charge on any atom is -0.111 e. The van der Waals surface area contributed by atoms with Crippen LogP contribution in [0.3, 0.4) is 0 Å². The lowest BCUT2D eigenvalue weighted by molar-refractivity contribution is 1.70. The van der Waals surface area contributed by atoms with Gasteiger partial charge in [0.15, 0.2) is 0 Å². The molecule has 2 heteroatoms. The number of allylic oxidation sites excluding steroid dienone is 1. The molecule has 30 valence electrons. The van der Waals surface area contributed by atoms with Crippen LogP contribution in [0.2, 0.25) is 0 Å². The first-order chi connectivity index (χ1) is 2.27. The van der Waals surface area contributed by atoms with Crippen molar-refractivity contribution < 1.29 is 0 Å². The third-order valence-corrected chi connectivity index (χ3v) is 3.46.